The van der Waals surface area contributed by atoms with Gasteiger partial charge in [0.2, 0.25) is 5.91 Å². The van der Waals surface area contributed by atoms with E-state index < -0.39 is 5.25 Å². The van der Waals surface area contributed by atoms with Crippen molar-refractivity contribution < 1.29 is 9.18 Å². The van der Waals surface area contributed by atoms with Crippen molar-refractivity contribution in [3.05, 3.63) is 64.2 Å². The first-order valence-electron chi connectivity index (χ1n) is 10.6. The number of aryl methyl sites for hydroxylation is 1. The van der Waals surface area contributed by atoms with Crippen LogP contribution >= 0.6 is 11.8 Å². The lowest BCUT2D eigenvalue weighted by atomic mass is 9.99. The van der Waals surface area contributed by atoms with E-state index >= 15 is 0 Å². The maximum atomic E-state index is 14.3. The standard InChI is InChI=1S/C24H26FN3O2S/c1-15-10-12-27(13-11-15)22(29)17(3)31-24-26-21-7-5-4-6-19(21)23(30)28(24)18-9-8-16(2)20(25)14-18/h4-9,14-15,17H,10-13H2,1-3H3. The fourth-order valence-corrected chi connectivity index (χ4v) is 4.85. The van der Waals surface area contributed by atoms with Crippen LogP contribution in [0.5, 0.6) is 0 Å². The van der Waals surface area contributed by atoms with Crippen LogP contribution in [-0.4, -0.2) is 38.7 Å². The summed E-state index contributed by atoms with van der Waals surface area (Å²) in [5.41, 5.74) is 1.19. The van der Waals surface area contributed by atoms with Gasteiger partial charge in [0.1, 0.15) is 5.82 Å². The number of piperidine rings is 1. The Kier molecular flexibility index (Phi) is 6.14. The average molecular weight is 440 g/mol. The highest BCUT2D eigenvalue weighted by Gasteiger charge is 2.27. The van der Waals surface area contributed by atoms with Crippen LogP contribution in [0.4, 0.5) is 4.39 Å². The molecule has 1 amide bonds. The predicted octanol–water partition coefficient (Wildman–Crippen LogP) is 4.57. The zero-order chi connectivity index (χ0) is 22.1. The largest absolute Gasteiger partial charge is 0.342 e. The summed E-state index contributed by atoms with van der Waals surface area (Å²) in [6.45, 7) is 7.24. The molecule has 1 saturated heterocycles. The van der Waals surface area contributed by atoms with Gasteiger partial charge in [-0.2, -0.15) is 0 Å². The van der Waals surface area contributed by atoms with E-state index in [2.05, 4.69) is 11.9 Å². The zero-order valence-corrected chi connectivity index (χ0v) is 18.8. The predicted molar refractivity (Wildman–Crippen MR) is 122 cm³/mol. The van der Waals surface area contributed by atoms with Crippen LogP contribution in [0, 0.1) is 18.7 Å². The number of thioether (sulfide) groups is 1. The Morgan fingerprint density at radius 3 is 2.61 bits per heavy atom. The summed E-state index contributed by atoms with van der Waals surface area (Å²) in [6.07, 6.45) is 2.01. The third kappa shape index (κ3) is 4.37. The third-order valence-corrected chi connectivity index (χ3v) is 6.92. The highest BCUT2D eigenvalue weighted by molar-refractivity contribution is 8.00. The lowest BCUT2D eigenvalue weighted by Gasteiger charge is -2.32. The number of benzene rings is 2. The minimum Gasteiger partial charge on any atom is -0.342 e. The van der Waals surface area contributed by atoms with Gasteiger partial charge in [-0.25, -0.2) is 9.37 Å². The van der Waals surface area contributed by atoms with E-state index in [1.54, 1.807) is 37.3 Å². The lowest BCUT2D eigenvalue weighted by Crippen LogP contribution is -2.42. The van der Waals surface area contributed by atoms with E-state index in [0.29, 0.717) is 33.2 Å². The van der Waals surface area contributed by atoms with Gasteiger partial charge in [-0.15, -0.1) is 0 Å². The Hall–Kier alpha value is -2.67. The van der Waals surface area contributed by atoms with Crippen molar-refractivity contribution in [2.75, 3.05) is 13.1 Å². The summed E-state index contributed by atoms with van der Waals surface area (Å²) in [5.74, 6) is 0.289. The van der Waals surface area contributed by atoms with Crippen molar-refractivity contribution >= 4 is 28.6 Å². The van der Waals surface area contributed by atoms with Gasteiger partial charge < -0.3 is 4.90 Å². The molecule has 3 aromatic rings. The highest BCUT2D eigenvalue weighted by Crippen LogP contribution is 2.28. The summed E-state index contributed by atoms with van der Waals surface area (Å²) in [7, 11) is 0. The quantitative estimate of drug-likeness (QED) is 0.441. The summed E-state index contributed by atoms with van der Waals surface area (Å²) < 4.78 is 15.7. The Bertz CT molecular complexity index is 1190. The van der Waals surface area contributed by atoms with Crippen molar-refractivity contribution in [3.8, 4) is 5.69 Å². The molecule has 162 valence electrons. The molecule has 1 aliphatic rings. The van der Waals surface area contributed by atoms with E-state index in [1.165, 1.54) is 22.4 Å². The molecule has 31 heavy (non-hydrogen) atoms. The minimum atomic E-state index is -0.414. The van der Waals surface area contributed by atoms with E-state index in [1.807, 2.05) is 17.9 Å². The van der Waals surface area contributed by atoms with Crippen molar-refractivity contribution in [3.63, 3.8) is 0 Å². The maximum Gasteiger partial charge on any atom is 0.266 e. The molecular weight excluding hydrogens is 413 g/mol. The Morgan fingerprint density at radius 1 is 1.19 bits per heavy atom. The SMILES string of the molecule is Cc1ccc(-n2c(SC(C)C(=O)N3CCC(C)CC3)nc3ccccc3c2=O)cc1F. The molecule has 0 aliphatic carbocycles. The number of rotatable bonds is 4. The van der Waals surface area contributed by atoms with Crippen LogP contribution < -0.4 is 5.56 Å². The zero-order valence-electron chi connectivity index (χ0n) is 18.0. The number of aromatic nitrogens is 2. The van der Waals surface area contributed by atoms with E-state index in [4.69, 9.17) is 0 Å². The van der Waals surface area contributed by atoms with Gasteiger partial charge in [-0.05, 0) is 62.4 Å². The summed E-state index contributed by atoms with van der Waals surface area (Å²) in [6, 6.07) is 11.8. The van der Waals surface area contributed by atoms with Gasteiger partial charge in [-0.3, -0.25) is 14.2 Å². The number of carbonyl (C=O) groups is 1. The molecule has 5 nitrogen and oxygen atoms in total. The lowest BCUT2D eigenvalue weighted by molar-refractivity contribution is -0.131. The molecule has 1 aliphatic heterocycles. The molecule has 0 spiro atoms. The number of likely N-dealkylation sites (tertiary alicyclic amines) is 1. The van der Waals surface area contributed by atoms with E-state index in [-0.39, 0.29) is 17.3 Å². The third-order valence-electron chi connectivity index (χ3n) is 5.88. The summed E-state index contributed by atoms with van der Waals surface area (Å²) >= 11 is 1.24. The fourth-order valence-electron chi connectivity index (χ4n) is 3.83. The fraction of sp³-hybridized carbons (Fsp3) is 0.375. The molecular formula is C24H26FN3O2S. The molecule has 2 aromatic carbocycles. The number of fused-ring (bicyclic) bond motifs is 1. The molecule has 0 bridgehead atoms. The molecule has 4 rings (SSSR count). The number of para-hydroxylation sites is 1. The van der Waals surface area contributed by atoms with Crippen molar-refractivity contribution in [2.24, 2.45) is 5.92 Å². The smallest absolute Gasteiger partial charge is 0.266 e. The van der Waals surface area contributed by atoms with Crippen LogP contribution in [0.25, 0.3) is 16.6 Å². The molecule has 0 radical (unpaired) electrons. The van der Waals surface area contributed by atoms with Gasteiger partial charge >= 0.3 is 0 Å². The second-order valence-electron chi connectivity index (χ2n) is 8.25. The minimum absolute atomic E-state index is 0.0425. The van der Waals surface area contributed by atoms with E-state index in [9.17, 15) is 14.0 Å². The molecule has 1 unspecified atom stereocenters. The normalized spacial score (nSPS) is 15.9. The van der Waals surface area contributed by atoms with Gasteiger partial charge in [-0.1, -0.05) is 36.9 Å². The average Bonchev–Trinajstić information content (AvgIpc) is 2.76. The second kappa shape index (κ2) is 8.83. The van der Waals surface area contributed by atoms with Gasteiger partial charge in [0.25, 0.3) is 5.56 Å². The van der Waals surface area contributed by atoms with Gasteiger partial charge in [0, 0.05) is 13.1 Å². The number of amides is 1. The number of hydrogen-bond acceptors (Lipinski definition) is 4. The molecule has 0 saturated carbocycles. The molecule has 7 heteroatoms. The van der Waals surface area contributed by atoms with E-state index in [0.717, 1.165) is 25.9 Å². The van der Waals surface area contributed by atoms with Gasteiger partial charge in [0.15, 0.2) is 5.16 Å². The number of carbonyl (C=O) groups excluding carboxylic acids is 1. The first kappa shape index (κ1) is 21.6. The molecule has 0 N–H and O–H groups in total. The molecule has 2 heterocycles. The van der Waals surface area contributed by atoms with Crippen LogP contribution in [0.15, 0.2) is 52.4 Å². The first-order chi connectivity index (χ1) is 14.8. The van der Waals surface area contributed by atoms with Crippen molar-refractivity contribution in [2.45, 2.75) is 44.0 Å². The van der Waals surface area contributed by atoms with Crippen LogP contribution in [0.1, 0.15) is 32.3 Å². The monoisotopic (exact) mass is 439 g/mol. The Balaban J connectivity index is 1.74. The summed E-state index contributed by atoms with van der Waals surface area (Å²) in [5, 5.41) is 0.429. The molecule has 1 atom stereocenters. The van der Waals surface area contributed by atoms with Crippen LogP contribution in [0.2, 0.25) is 0 Å². The number of nitrogens with zero attached hydrogens (tertiary/aromatic N) is 3. The summed E-state index contributed by atoms with van der Waals surface area (Å²) in [4.78, 5) is 32.9. The molecule has 1 aromatic heterocycles. The maximum absolute atomic E-state index is 14.3. The topological polar surface area (TPSA) is 55.2 Å². The van der Waals surface area contributed by atoms with Crippen LogP contribution in [0.3, 0.4) is 0 Å². The van der Waals surface area contributed by atoms with Crippen molar-refractivity contribution in [1.82, 2.24) is 14.5 Å². The molecule has 1 fully saturated rings. The van der Waals surface area contributed by atoms with Crippen LogP contribution in [-0.2, 0) is 4.79 Å². The first-order valence-corrected chi connectivity index (χ1v) is 11.5. The number of halogens is 1. The Labute approximate surface area is 185 Å². The highest BCUT2D eigenvalue weighted by atomic mass is 32.2. The number of hydrogen-bond donors (Lipinski definition) is 0. The van der Waals surface area contributed by atoms with Crippen molar-refractivity contribution in [1.29, 1.82) is 0 Å². The van der Waals surface area contributed by atoms with Gasteiger partial charge in [0.05, 0.1) is 21.8 Å². The Morgan fingerprint density at radius 2 is 1.90 bits per heavy atom. The second-order valence-corrected chi connectivity index (χ2v) is 9.56.